The van der Waals surface area contributed by atoms with Gasteiger partial charge in [0.1, 0.15) is 12.4 Å². The molecule has 2 aromatic carbocycles. The van der Waals surface area contributed by atoms with Crippen LogP contribution in [0.5, 0.6) is 0 Å². The molecular formula is C19H16FN3O2. The molecule has 0 unspecified atom stereocenters. The van der Waals surface area contributed by atoms with E-state index in [4.69, 9.17) is 4.42 Å². The number of benzene rings is 2. The first kappa shape index (κ1) is 15.5. The highest BCUT2D eigenvalue weighted by molar-refractivity contribution is 5.91. The number of oxazole rings is 1. The van der Waals surface area contributed by atoms with Crippen molar-refractivity contribution in [1.82, 2.24) is 14.8 Å². The molecule has 0 aliphatic heterocycles. The maximum Gasteiger partial charge on any atom is 0.248 e. The molecule has 4 rings (SSSR count). The maximum absolute atomic E-state index is 14.0. The lowest BCUT2D eigenvalue weighted by Gasteiger charge is -2.04. The highest BCUT2D eigenvalue weighted by Gasteiger charge is 2.19. The van der Waals surface area contributed by atoms with E-state index in [0.717, 1.165) is 10.9 Å². The number of aryl methyl sites for hydroxylation is 1. The molecule has 0 bridgehead atoms. The third kappa shape index (κ3) is 2.70. The Hall–Kier alpha value is -2.99. The van der Waals surface area contributed by atoms with Gasteiger partial charge in [-0.05, 0) is 19.1 Å². The van der Waals surface area contributed by atoms with Crippen LogP contribution in [0.1, 0.15) is 17.0 Å². The number of fused-ring (bicyclic) bond motifs is 1. The highest BCUT2D eigenvalue weighted by Crippen LogP contribution is 2.29. The summed E-state index contributed by atoms with van der Waals surface area (Å²) in [4.78, 5) is 4.36. The van der Waals surface area contributed by atoms with Crippen molar-refractivity contribution in [2.24, 2.45) is 0 Å². The second kappa shape index (κ2) is 6.14. The molecule has 0 spiro atoms. The van der Waals surface area contributed by atoms with Gasteiger partial charge in [-0.25, -0.2) is 9.37 Å². The fraction of sp³-hybridized carbons (Fsp3) is 0.158. The van der Waals surface area contributed by atoms with Crippen LogP contribution in [0.3, 0.4) is 0 Å². The van der Waals surface area contributed by atoms with Gasteiger partial charge in [-0.3, -0.25) is 4.68 Å². The number of halogens is 1. The van der Waals surface area contributed by atoms with Crippen molar-refractivity contribution in [3.63, 3.8) is 0 Å². The average molecular weight is 337 g/mol. The Morgan fingerprint density at radius 3 is 2.64 bits per heavy atom. The second-order valence-electron chi connectivity index (χ2n) is 5.80. The van der Waals surface area contributed by atoms with Crippen molar-refractivity contribution < 1.29 is 13.9 Å². The summed E-state index contributed by atoms with van der Waals surface area (Å²) in [6, 6.07) is 14.3. The third-order valence-electron chi connectivity index (χ3n) is 4.17. The van der Waals surface area contributed by atoms with E-state index in [9.17, 15) is 9.50 Å². The monoisotopic (exact) mass is 337 g/mol. The van der Waals surface area contributed by atoms with Crippen LogP contribution in [-0.4, -0.2) is 19.9 Å². The molecule has 5 nitrogen and oxygen atoms in total. The van der Waals surface area contributed by atoms with Gasteiger partial charge in [-0.1, -0.05) is 36.4 Å². The summed E-state index contributed by atoms with van der Waals surface area (Å²) in [6.45, 7) is 1.86. The van der Waals surface area contributed by atoms with E-state index in [1.807, 2.05) is 24.3 Å². The smallest absolute Gasteiger partial charge is 0.248 e. The molecule has 0 atom stereocenters. The molecule has 1 N–H and O–H groups in total. The number of hydrogen-bond donors (Lipinski definition) is 1. The van der Waals surface area contributed by atoms with Crippen molar-refractivity contribution in [3.8, 4) is 11.6 Å². The Morgan fingerprint density at radius 2 is 1.88 bits per heavy atom. The molecule has 126 valence electrons. The summed E-state index contributed by atoms with van der Waals surface area (Å²) in [5, 5.41) is 14.8. The fourth-order valence-corrected chi connectivity index (χ4v) is 2.87. The quantitative estimate of drug-likeness (QED) is 0.617. The standard InChI is InChI=1S/C19H16FN3O2/c1-12-17(11-24)25-19(21-12)18-14-7-3-5-9-16(14)23(22-18)10-13-6-2-4-8-15(13)20/h2-9,24H,10-11H2,1H3. The van der Waals surface area contributed by atoms with Gasteiger partial charge in [0.2, 0.25) is 5.89 Å². The largest absolute Gasteiger partial charge is 0.437 e. The van der Waals surface area contributed by atoms with Crippen LogP contribution in [0, 0.1) is 12.7 Å². The Bertz CT molecular complexity index is 1050. The summed E-state index contributed by atoms with van der Waals surface area (Å²) in [6.07, 6.45) is 0. The SMILES string of the molecule is Cc1nc(-c2nn(Cc3ccccc3F)c3ccccc23)oc1CO. The van der Waals surface area contributed by atoms with Crippen molar-refractivity contribution in [2.75, 3.05) is 0 Å². The molecule has 25 heavy (non-hydrogen) atoms. The van der Waals surface area contributed by atoms with Crippen LogP contribution in [0.15, 0.2) is 52.9 Å². The second-order valence-corrected chi connectivity index (χ2v) is 5.80. The molecule has 0 amide bonds. The minimum atomic E-state index is -0.266. The fourth-order valence-electron chi connectivity index (χ4n) is 2.87. The predicted molar refractivity (Wildman–Crippen MR) is 91.4 cm³/mol. The lowest BCUT2D eigenvalue weighted by molar-refractivity contribution is 0.247. The Labute approximate surface area is 143 Å². The zero-order chi connectivity index (χ0) is 17.4. The maximum atomic E-state index is 14.0. The lowest BCUT2D eigenvalue weighted by Crippen LogP contribution is -2.03. The van der Waals surface area contributed by atoms with Gasteiger partial charge in [0.25, 0.3) is 0 Å². The van der Waals surface area contributed by atoms with Crippen LogP contribution in [0.25, 0.3) is 22.5 Å². The summed E-state index contributed by atoms with van der Waals surface area (Å²) < 4.78 is 21.4. The van der Waals surface area contributed by atoms with Crippen molar-refractivity contribution >= 4 is 10.9 Å². The summed E-state index contributed by atoms with van der Waals surface area (Å²) in [5.41, 5.74) is 2.63. The molecule has 4 aromatic rings. The number of para-hydroxylation sites is 1. The van der Waals surface area contributed by atoms with Crippen molar-refractivity contribution in [2.45, 2.75) is 20.1 Å². The average Bonchev–Trinajstić information content (AvgIpc) is 3.18. The van der Waals surface area contributed by atoms with Gasteiger partial charge in [0.05, 0.1) is 17.8 Å². The number of aliphatic hydroxyl groups excluding tert-OH is 1. The minimum Gasteiger partial charge on any atom is -0.437 e. The zero-order valence-electron chi connectivity index (χ0n) is 13.6. The molecule has 2 heterocycles. The molecule has 0 aliphatic rings. The zero-order valence-corrected chi connectivity index (χ0v) is 13.6. The van der Waals surface area contributed by atoms with Gasteiger partial charge >= 0.3 is 0 Å². The number of nitrogens with zero attached hydrogens (tertiary/aromatic N) is 3. The van der Waals surface area contributed by atoms with Crippen molar-refractivity contribution in [1.29, 1.82) is 0 Å². The van der Waals surface area contributed by atoms with Gasteiger partial charge in [-0.2, -0.15) is 5.10 Å². The molecule has 0 aliphatic carbocycles. The third-order valence-corrected chi connectivity index (χ3v) is 4.17. The number of aliphatic hydroxyl groups is 1. The first-order valence-electron chi connectivity index (χ1n) is 7.94. The molecule has 0 fully saturated rings. The molecule has 0 saturated heterocycles. The first-order chi connectivity index (χ1) is 12.2. The van der Waals surface area contributed by atoms with E-state index in [-0.39, 0.29) is 12.4 Å². The molecular weight excluding hydrogens is 321 g/mol. The number of hydrogen-bond acceptors (Lipinski definition) is 4. The summed E-state index contributed by atoms with van der Waals surface area (Å²) >= 11 is 0. The Morgan fingerprint density at radius 1 is 1.12 bits per heavy atom. The Balaban J connectivity index is 1.85. The van der Waals surface area contributed by atoms with E-state index in [1.165, 1.54) is 6.07 Å². The van der Waals surface area contributed by atoms with E-state index in [2.05, 4.69) is 10.1 Å². The topological polar surface area (TPSA) is 64.1 Å². The predicted octanol–water partition coefficient (Wildman–Crippen LogP) is 3.68. The van der Waals surface area contributed by atoms with E-state index < -0.39 is 0 Å². The van der Waals surface area contributed by atoms with Crippen LogP contribution in [0.2, 0.25) is 0 Å². The van der Waals surface area contributed by atoms with Crippen LogP contribution < -0.4 is 0 Å². The van der Waals surface area contributed by atoms with E-state index in [0.29, 0.717) is 35.1 Å². The molecule has 0 radical (unpaired) electrons. The van der Waals surface area contributed by atoms with Gasteiger partial charge in [0.15, 0.2) is 11.5 Å². The molecule has 0 saturated carbocycles. The highest BCUT2D eigenvalue weighted by atomic mass is 19.1. The van der Waals surface area contributed by atoms with Gasteiger partial charge in [-0.15, -0.1) is 0 Å². The van der Waals surface area contributed by atoms with Crippen LogP contribution >= 0.6 is 0 Å². The van der Waals surface area contributed by atoms with Crippen molar-refractivity contribution in [3.05, 3.63) is 71.4 Å². The van der Waals surface area contributed by atoms with Crippen LogP contribution in [0.4, 0.5) is 4.39 Å². The van der Waals surface area contributed by atoms with E-state index >= 15 is 0 Å². The Kier molecular flexibility index (Phi) is 3.82. The lowest BCUT2D eigenvalue weighted by atomic mass is 10.2. The first-order valence-corrected chi connectivity index (χ1v) is 7.94. The number of rotatable bonds is 4. The normalized spacial score (nSPS) is 11.3. The minimum absolute atomic E-state index is 0.216. The van der Waals surface area contributed by atoms with Crippen LogP contribution in [-0.2, 0) is 13.2 Å². The molecule has 2 aromatic heterocycles. The van der Waals surface area contributed by atoms with E-state index in [1.54, 1.807) is 29.8 Å². The summed E-state index contributed by atoms with van der Waals surface area (Å²) in [7, 11) is 0. The summed E-state index contributed by atoms with van der Waals surface area (Å²) in [5.74, 6) is 0.505. The molecule has 6 heteroatoms. The van der Waals surface area contributed by atoms with Gasteiger partial charge < -0.3 is 9.52 Å². The number of aromatic nitrogens is 3. The van der Waals surface area contributed by atoms with Gasteiger partial charge in [0, 0.05) is 10.9 Å².